The molecule has 0 fully saturated rings. The maximum atomic E-state index is 12.4. The van der Waals surface area contributed by atoms with Crippen LogP contribution in [0.3, 0.4) is 0 Å². The summed E-state index contributed by atoms with van der Waals surface area (Å²) in [5.41, 5.74) is 1.34. The average molecular weight is 357 g/mol. The van der Waals surface area contributed by atoms with Crippen molar-refractivity contribution in [1.82, 2.24) is 19.7 Å². The molecule has 0 N–H and O–H groups in total. The van der Waals surface area contributed by atoms with Gasteiger partial charge in [0.1, 0.15) is 11.6 Å². The highest BCUT2D eigenvalue weighted by atomic mass is 32.1. The Kier molecular flexibility index (Phi) is 4.80. The molecular weight excluding hydrogens is 338 g/mol. The van der Waals surface area contributed by atoms with Crippen molar-refractivity contribution in [2.24, 2.45) is 0 Å². The van der Waals surface area contributed by atoms with Crippen LogP contribution >= 0.6 is 11.3 Å². The quantitative estimate of drug-likeness (QED) is 0.693. The van der Waals surface area contributed by atoms with Gasteiger partial charge in [0.25, 0.3) is 5.56 Å². The maximum Gasteiger partial charge on any atom is 0.269 e. The first-order chi connectivity index (χ1) is 11.9. The zero-order chi connectivity index (χ0) is 18.0. The molecule has 0 saturated heterocycles. The Bertz CT molecular complexity index is 930. The molecule has 3 aromatic rings. The predicted molar refractivity (Wildman–Crippen MR) is 98.9 cm³/mol. The lowest BCUT2D eigenvalue weighted by Gasteiger charge is -2.16. The van der Waals surface area contributed by atoms with Crippen LogP contribution in [-0.4, -0.2) is 46.7 Å². The molecule has 0 spiro atoms. The van der Waals surface area contributed by atoms with Crippen molar-refractivity contribution < 1.29 is 4.79 Å². The number of hydrogen-bond acceptors (Lipinski definition) is 6. The molecule has 0 unspecified atom stereocenters. The number of amides is 1. The van der Waals surface area contributed by atoms with Crippen molar-refractivity contribution in [3.05, 3.63) is 51.9 Å². The first-order valence-corrected chi connectivity index (χ1v) is 8.58. The van der Waals surface area contributed by atoms with E-state index in [1.54, 1.807) is 34.4 Å². The van der Waals surface area contributed by atoms with Gasteiger partial charge in [0.2, 0.25) is 5.91 Å². The number of para-hydroxylation sites is 1. The molecule has 2 heterocycles. The lowest BCUT2D eigenvalue weighted by Crippen LogP contribution is -2.34. The van der Waals surface area contributed by atoms with Gasteiger partial charge in [-0.25, -0.2) is 9.67 Å². The number of carbonyl (C=O) groups excluding carboxylic acids is 1. The van der Waals surface area contributed by atoms with E-state index in [2.05, 4.69) is 10.1 Å². The fraction of sp³-hybridized carbons (Fsp3) is 0.294. The second-order valence-corrected chi connectivity index (χ2v) is 7.04. The van der Waals surface area contributed by atoms with Gasteiger partial charge in [0.05, 0.1) is 28.6 Å². The third-order valence-corrected chi connectivity index (χ3v) is 4.81. The minimum absolute atomic E-state index is 0.0893. The number of fused-ring (bicyclic) bond motifs is 1. The van der Waals surface area contributed by atoms with Crippen molar-refractivity contribution in [3.8, 4) is 0 Å². The lowest BCUT2D eigenvalue weighted by atomic mass is 10.3. The molecule has 0 aliphatic rings. The highest BCUT2D eigenvalue weighted by Gasteiger charge is 2.14. The number of anilines is 1. The second-order valence-electron chi connectivity index (χ2n) is 5.93. The summed E-state index contributed by atoms with van der Waals surface area (Å²) in [6.45, 7) is 0.316. The standard InChI is InChI=1S/C17H19N5O2S/c1-20(2)12-8-16(23)22(18-9-12)11-17(24)21(3)10-15-19-13-6-4-5-7-14(13)25-15/h4-9H,10-11H2,1-3H3. The molecule has 7 nitrogen and oxygen atoms in total. The van der Waals surface area contributed by atoms with E-state index in [4.69, 9.17) is 0 Å². The van der Waals surface area contributed by atoms with Gasteiger partial charge in [-0.3, -0.25) is 9.59 Å². The van der Waals surface area contributed by atoms with Crippen LogP contribution in [0.5, 0.6) is 0 Å². The van der Waals surface area contributed by atoms with Crippen molar-refractivity contribution in [2.45, 2.75) is 13.1 Å². The van der Waals surface area contributed by atoms with Crippen LogP contribution in [-0.2, 0) is 17.9 Å². The highest BCUT2D eigenvalue weighted by molar-refractivity contribution is 7.18. The van der Waals surface area contributed by atoms with Crippen molar-refractivity contribution in [3.63, 3.8) is 0 Å². The van der Waals surface area contributed by atoms with Gasteiger partial charge >= 0.3 is 0 Å². The largest absolute Gasteiger partial charge is 0.376 e. The molecule has 3 rings (SSSR count). The molecule has 1 aromatic carbocycles. The number of likely N-dealkylation sites (N-methyl/N-ethyl adjacent to an activating group) is 1. The van der Waals surface area contributed by atoms with Gasteiger partial charge in [-0.15, -0.1) is 11.3 Å². The Labute approximate surface area is 149 Å². The summed E-state index contributed by atoms with van der Waals surface area (Å²) in [5, 5.41) is 4.93. The van der Waals surface area contributed by atoms with E-state index >= 15 is 0 Å². The molecule has 1 amide bonds. The molecule has 0 aliphatic carbocycles. The molecule has 0 radical (unpaired) electrons. The van der Waals surface area contributed by atoms with Crippen LogP contribution < -0.4 is 10.5 Å². The number of aromatic nitrogens is 3. The van der Waals surface area contributed by atoms with Crippen LogP contribution in [0.1, 0.15) is 5.01 Å². The van der Waals surface area contributed by atoms with E-state index in [1.165, 1.54) is 10.7 Å². The van der Waals surface area contributed by atoms with Crippen molar-refractivity contribution >= 4 is 33.1 Å². The van der Waals surface area contributed by atoms with Crippen molar-refractivity contribution in [2.75, 3.05) is 26.0 Å². The van der Waals surface area contributed by atoms with Gasteiger partial charge in [-0.2, -0.15) is 5.10 Å². The Balaban J connectivity index is 1.69. The average Bonchev–Trinajstić information content (AvgIpc) is 2.98. The van der Waals surface area contributed by atoms with Crippen LogP contribution in [0.15, 0.2) is 41.3 Å². The summed E-state index contributed by atoms with van der Waals surface area (Å²) < 4.78 is 2.26. The van der Waals surface area contributed by atoms with E-state index in [-0.39, 0.29) is 18.0 Å². The van der Waals surface area contributed by atoms with E-state index in [1.807, 2.05) is 38.4 Å². The minimum atomic E-state index is -0.298. The van der Waals surface area contributed by atoms with Crippen molar-refractivity contribution in [1.29, 1.82) is 0 Å². The van der Waals surface area contributed by atoms with Crippen LogP contribution in [0.25, 0.3) is 10.2 Å². The monoisotopic (exact) mass is 357 g/mol. The highest BCUT2D eigenvalue weighted by Crippen LogP contribution is 2.22. The molecule has 0 saturated carbocycles. The lowest BCUT2D eigenvalue weighted by molar-refractivity contribution is -0.131. The Morgan fingerprint density at radius 1 is 1.24 bits per heavy atom. The third kappa shape index (κ3) is 3.85. The second kappa shape index (κ2) is 7.02. The van der Waals surface area contributed by atoms with Gasteiger partial charge in [-0.05, 0) is 12.1 Å². The summed E-state index contributed by atoms with van der Waals surface area (Å²) >= 11 is 1.56. The molecule has 25 heavy (non-hydrogen) atoms. The normalized spacial score (nSPS) is 10.8. The van der Waals surface area contributed by atoms with Gasteiger partial charge in [0.15, 0.2) is 0 Å². The Morgan fingerprint density at radius 2 is 2.00 bits per heavy atom. The van der Waals surface area contributed by atoms with Crippen LogP contribution in [0, 0.1) is 0 Å². The van der Waals surface area contributed by atoms with Crippen LogP contribution in [0.4, 0.5) is 5.69 Å². The zero-order valence-corrected chi connectivity index (χ0v) is 15.2. The smallest absolute Gasteiger partial charge is 0.269 e. The molecule has 0 atom stereocenters. The van der Waals surface area contributed by atoms with E-state index in [0.717, 1.165) is 15.2 Å². The summed E-state index contributed by atoms with van der Waals surface area (Å²) in [5.74, 6) is -0.188. The Morgan fingerprint density at radius 3 is 2.68 bits per heavy atom. The molecule has 0 aliphatic heterocycles. The first-order valence-electron chi connectivity index (χ1n) is 7.77. The number of nitrogens with zero attached hydrogens (tertiary/aromatic N) is 5. The maximum absolute atomic E-state index is 12.4. The fourth-order valence-electron chi connectivity index (χ4n) is 2.31. The topological polar surface area (TPSA) is 71.3 Å². The molecule has 2 aromatic heterocycles. The summed E-state index contributed by atoms with van der Waals surface area (Å²) in [6.07, 6.45) is 1.57. The molecule has 0 bridgehead atoms. The predicted octanol–water partition coefficient (Wildman–Crippen LogP) is 1.58. The number of thiazole rings is 1. The number of rotatable bonds is 5. The SMILES string of the molecule is CN(Cc1nc2ccccc2s1)C(=O)Cn1ncc(N(C)C)cc1=O. The van der Waals surface area contributed by atoms with E-state index in [9.17, 15) is 9.59 Å². The summed E-state index contributed by atoms with van der Waals surface area (Å²) in [6, 6.07) is 9.33. The van der Waals surface area contributed by atoms with Gasteiger partial charge in [-0.1, -0.05) is 12.1 Å². The van der Waals surface area contributed by atoms with Gasteiger partial charge < -0.3 is 9.80 Å². The number of benzene rings is 1. The van der Waals surface area contributed by atoms with E-state index in [0.29, 0.717) is 12.2 Å². The Hall–Kier alpha value is -2.74. The van der Waals surface area contributed by atoms with Crippen LogP contribution in [0.2, 0.25) is 0 Å². The molecule has 130 valence electrons. The first kappa shape index (κ1) is 17.1. The molecular formula is C17H19N5O2S. The zero-order valence-electron chi connectivity index (χ0n) is 14.3. The molecule has 8 heteroatoms. The number of hydrogen-bond donors (Lipinski definition) is 0. The van der Waals surface area contributed by atoms with E-state index < -0.39 is 0 Å². The fourth-order valence-corrected chi connectivity index (χ4v) is 3.34. The summed E-state index contributed by atoms with van der Waals surface area (Å²) in [4.78, 5) is 32.3. The number of carbonyl (C=O) groups is 1. The third-order valence-electron chi connectivity index (χ3n) is 3.79. The van der Waals surface area contributed by atoms with Gasteiger partial charge in [0, 0.05) is 27.2 Å². The minimum Gasteiger partial charge on any atom is -0.376 e. The summed E-state index contributed by atoms with van der Waals surface area (Å²) in [7, 11) is 5.36.